The zero-order valence-corrected chi connectivity index (χ0v) is 15.1. The van der Waals surface area contributed by atoms with Gasteiger partial charge in [0.2, 0.25) is 5.88 Å². The van der Waals surface area contributed by atoms with Crippen LogP contribution in [0.4, 0.5) is 18.9 Å². The van der Waals surface area contributed by atoms with Crippen molar-refractivity contribution in [3.05, 3.63) is 59.8 Å². The highest BCUT2D eigenvalue weighted by atomic mass is 19.1. The van der Waals surface area contributed by atoms with Crippen LogP contribution in [0.25, 0.3) is 10.8 Å². The van der Waals surface area contributed by atoms with Gasteiger partial charge in [0.05, 0.1) is 24.8 Å². The number of amides is 1. The summed E-state index contributed by atoms with van der Waals surface area (Å²) in [5, 5.41) is 2.99. The number of halogens is 3. The number of ether oxygens (including phenoxy) is 2. The van der Waals surface area contributed by atoms with Crippen molar-refractivity contribution in [2.45, 2.75) is 6.42 Å². The van der Waals surface area contributed by atoms with Crippen LogP contribution in [-0.2, 0) is 4.74 Å². The predicted molar refractivity (Wildman–Crippen MR) is 98.2 cm³/mol. The van der Waals surface area contributed by atoms with Crippen molar-refractivity contribution < 1.29 is 27.4 Å². The highest BCUT2D eigenvalue weighted by Crippen LogP contribution is 2.30. The van der Waals surface area contributed by atoms with Crippen LogP contribution in [0.1, 0.15) is 16.9 Å². The van der Waals surface area contributed by atoms with Gasteiger partial charge in [0.25, 0.3) is 5.91 Å². The van der Waals surface area contributed by atoms with E-state index in [1.165, 1.54) is 12.3 Å². The first kappa shape index (κ1) is 19.1. The number of nitrogens with zero attached hydrogens (tertiary/aromatic N) is 2. The SMILES string of the molecule is O=C(Nc1cc(F)c2c(OCC3CCOC3)nccc2c1)c1ncc(F)cc1F. The van der Waals surface area contributed by atoms with Crippen LogP contribution in [0.2, 0.25) is 0 Å². The number of benzene rings is 1. The number of fused-ring (bicyclic) bond motifs is 1. The Morgan fingerprint density at radius 1 is 1.21 bits per heavy atom. The Balaban J connectivity index is 1.57. The van der Waals surface area contributed by atoms with Crippen molar-refractivity contribution in [1.82, 2.24) is 9.97 Å². The van der Waals surface area contributed by atoms with Crippen LogP contribution in [0.15, 0.2) is 36.7 Å². The van der Waals surface area contributed by atoms with Gasteiger partial charge in [-0.3, -0.25) is 4.79 Å². The summed E-state index contributed by atoms with van der Waals surface area (Å²) in [6, 6.07) is 4.70. The summed E-state index contributed by atoms with van der Waals surface area (Å²) in [6.07, 6.45) is 3.07. The number of pyridine rings is 2. The lowest BCUT2D eigenvalue weighted by Crippen LogP contribution is -2.16. The minimum atomic E-state index is -1.11. The number of rotatable bonds is 5. The summed E-state index contributed by atoms with van der Waals surface area (Å²) in [7, 11) is 0. The van der Waals surface area contributed by atoms with Gasteiger partial charge in [0.15, 0.2) is 11.5 Å². The Morgan fingerprint density at radius 2 is 2.07 bits per heavy atom. The number of hydrogen-bond donors (Lipinski definition) is 1. The molecule has 1 amide bonds. The van der Waals surface area contributed by atoms with E-state index in [2.05, 4.69) is 15.3 Å². The van der Waals surface area contributed by atoms with E-state index in [1.54, 1.807) is 6.07 Å². The van der Waals surface area contributed by atoms with Gasteiger partial charge in [0.1, 0.15) is 11.6 Å². The monoisotopic (exact) mass is 403 g/mol. The van der Waals surface area contributed by atoms with Crippen LogP contribution in [0.5, 0.6) is 5.88 Å². The molecule has 1 unspecified atom stereocenters. The quantitative estimate of drug-likeness (QED) is 0.703. The fourth-order valence-electron chi connectivity index (χ4n) is 3.10. The molecule has 4 rings (SSSR count). The van der Waals surface area contributed by atoms with Crippen molar-refractivity contribution in [1.29, 1.82) is 0 Å². The topological polar surface area (TPSA) is 73.3 Å². The largest absolute Gasteiger partial charge is 0.477 e. The lowest BCUT2D eigenvalue weighted by Gasteiger charge is -2.13. The maximum Gasteiger partial charge on any atom is 0.277 e. The van der Waals surface area contributed by atoms with Crippen molar-refractivity contribution in [3.63, 3.8) is 0 Å². The Kier molecular flexibility index (Phi) is 5.30. The molecule has 1 fully saturated rings. The number of aromatic nitrogens is 2. The van der Waals surface area contributed by atoms with Crippen LogP contribution in [-0.4, -0.2) is 35.7 Å². The predicted octanol–water partition coefficient (Wildman–Crippen LogP) is 3.71. The van der Waals surface area contributed by atoms with Crippen molar-refractivity contribution in [2.75, 3.05) is 25.1 Å². The zero-order chi connectivity index (χ0) is 20.4. The minimum Gasteiger partial charge on any atom is -0.477 e. The molecule has 6 nitrogen and oxygen atoms in total. The summed E-state index contributed by atoms with van der Waals surface area (Å²) in [5.74, 6) is -3.22. The Hall–Kier alpha value is -3.20. The Bertz CT molecular complexity index is 1070. The van der Waals surface area contributed by atoms with Crippen LogP contribution < -0.4 is 10.1 Å². The molecule has 2 aromatic heterocycles. The van der Waals surface area contributed by atoms with Gasteiger partial charge in [-0.15, -0.1) is 0 Å². The van der Waals surface area contributed by atoms with Gasteiger partial charge in [-0.1, -0.05) is 0 Å². The standard InChI is InChI=1S/C20H16F3N3O3/c21-13-6-16(23)18(25-8-13)19(27)26-14-5-12-1-3-24-20(17(12)15(22)7-14)29-10-11-2-4-28-9-11/h1,3,5-8,11H,2,4,9-10H2,(H,26,27). The normalized spacial score (nSPS) is 16.2. The summed E-state index contributed by atoms with van der Waals surface area (Å²) >= 11 is 0. The Labute approximate surface area is 163 Å². The minimum absolute atomic E-state index is 0.0897. The second-order valence-corrected chi connectivity index (χ2v) is 6.65. The van der Waals surface area contributed by atoms with E-state index in [1.807, 2.05) is 0 Å². The number of carbonyl (C=O) groups is 1. The van der Waals surface area contributed by atoms with Crippen molar-refractivity contribution in [3.8, 4) is 5.88 Å². The summed E-state index contributed by atoms with van der Waals surface area (Å²) in [6.45, 7) is 1.63. The third-order valence-electron chi connectivity index (χ3n) is 4.54. The third kappa shape index (κ3) is 4.14. The van der Waals surface area contributed by atoms with E-state index in [4.69, 9.17) is 9.47 Å². The second-order valence-electron chi connectivity index (χ2n) is 6.65. The average molecular weight is 403 g/mol. The first-order valence-electron chi connectivity index (χ1n) is 8.92. The molecular formula is C20H16F3N3O3. The number of nitrogens with one attached hydrogen (secondary N) is 1. The fourth-order valence-corrected chi connectivity index (χ4v) is 3.10. The summed E-state index contributed by atoms with van der Waals surface area (Å²) in [4.78, 5) is 19.7. The van der Waals surface area contributed by atoms with Crippen molar-refractivity contribution >= 4 is 22.4 Å². The molecule has 1 aliphatic rings. The fraction of sp³-hybridized carbons (Fsp3) is 0.250. The van der Waals surface area contributed by atoms with E-state index in [0.29, 0.717) is 31.3 Å². The highest BCUT2D eigenvalue weighted by Gasteiger charge is 2.19. The molecule has 0 bridgehead atoms. The maximum atomic E-state index is 14.8. The first-order valence-corrected chi connectivity index (χ1v) is 8.92. The molecule has 0 aliphatic carbocycles. The van der Waals surface area contributed by atoms with Gasteiger partial charge in [-0.2, -0.15) is 0 Å². The molecule has 9 heteroatoms. The first-order chi connectivity index (χ1) is 14.0. The molecule has 1 atom stereocenters. The molecule has 0 spiro atoms. The van der Waals surface area contributed by atoms with Gasteiger partial charge >= 0.3 is 0 Å². The van der Waals surface area contributed by atoms with E-state index in [-0.39, 0.29) is 22.9 Å². The third-order valence-corrected chi connectivity index (χ3v) is 4.54. The van der Waals surface area contributed by atoms with E-state index >= 15 is 0 Å². The van der Waals surface area contributed by atoms with E-state index in [9.17, 15) is 18.0 Å². The van der Waals surface area contributed by atoms with Gasteiger partial charge < -0.3 is 14.8 Å². The van der Waals surface area contributed by atoms with Crippen LogP contribution in [0, 0.1) is 23.4 Å². The number of carbonyl (C=O) groups excluding carboxylic acids is 1. The highest BCUT2D eigenvalue weighted by molar-refractivity contribution is 6.04. The molecule has 1 aliphatic heterocycles. The molecule has 150 valence electrons. The number of anilines is 1. The van der Waals surface area contributed by atoms with Crippen LogP contribution >= 0.6 is 0 Å². The summed E-state index contributed by atoms with van der Waals surface area (Å²) in [5.41, 5.74) is -0.503. The van der Waals surface area contributed by atoms with E-state index < -0.39 is 29.1 Å². The second kappa shape index (κ2) is 8.04. The number of hydrogen-bond acceptors (Lipinski definition) is 5. The van der Waals surface area contributed by atoms with E-state index in [0.717, 1.165) is 18.7 Å². The van der Waals surface area contributed by atoms with Gasteiger partial charge in [-0.25, -0.2) is 23.1 Å². The molecular weight excluding hydrogens is 387 g/mol. The Morgan fingerprint density at radius 3 is 2.83 bits per heavy atom. The van der Waals surface area contributed by atoms with Crippen LogP contribution in [0.3, 0.4) is 0 Å². The molecule has 1 saturated heterocycles. The lowest BCUT2D eigenvalue weighted by molar-refractivity contribution is 0.101. The molecule has 0 saturated carbocycles. The smallest absolute Gasteiger partial charge is 0.277 e. The van der Waals surface area contributed by atoms with Gasteiger partial charge in [0, 0.05) is 30.5 Å². The molecule has 3 aromatic rings. The lowest BCUT2D eigenvalue weighted by atomic mass is 10.1. The maximum absolute atomic E-state index is 14.8. The average Bonchev–Trinajstić information content (AvgIpc) is 3.19. The summed E-state index contributed by atoms with van der Waals surface area (Å²) < 4.78 is 52.4. The zero-order valence-electron chi connectivity index (χ0n) is 15.1. The van der Waals surface area contributed by atoms with Gasteiger partial charge in [-0.05, 0) is 30.0 Å². The molecule has 0 radical (unpaired) electrons. The molecule has 3 heterocycles. The molecule has 29 heavy (non-hydrogen) atoms. The molecule has 1 N–H and O–H groups in total. The van der Waals surface area contributed by atoms with Crippen molar-refractivity contribution in [2.24, 2.45) is 5.92 Å². The molecule has 1 aromatic carbocycles.